The zero-order valence-electron chi connectivity index (χ0n) is 17.4. The van der Waals surface area contributed by atoms with E-state index in [1.807, 2.05) is 31.2 Å². The molecule has 2 amide bonds. The van der Waals surface area contributed by atoms with Gasteiger partial charge in [-0.25, -0.2) is 0 Å². The van der Waals surface area contributed by atoms with Gasteiger partial charge in [0.2, 0.25) is 11.8 Å². The largest absolute Gasteiger partial charge is 0.325 e. The van der Waals surface area contributed by atoms with E-state index in [0.717, 1.165) is 23.0 Å². The highest BCUT2D eigenvalue weighted by Gasteiger charge is 2.19. The average molecular weight is 438 g/mol. The molecule has 160 valence electrons. The van der Waals surface area contributed by atoms with Crippen LogP contribution in [-0.2, 0) is 9.59 Å². The lowest BCUT2D eigenvalue weighted by Gasteiger charge is -2.13. The molecule has 0 radical (unpaired) electrons. The van der Waals surface area contributed by atoms with E-state index >= 15 is 0 Å². The molecular weight excluding hydrogens is 414 g/mol. The van der Waals surface area contributed by atoms with Crippen LogP contribution in [0.3, 0.4) is 0 Å². The van der Waals surface area contributed by atoms with Crippen LogP contribution in [0, 0.1) is 6.92 Å². The Morgan fingerprint density at radius 2 is 1.71 bits per heavy atom. The quantitative estimate of drug-likeness (QED) is 0.486. The number of H-pyrrole nitrogens is 1. The smallest absolute Gasteiger partial charge is 0.278 e. The summed E-state index contributed by atoms with van der Waals surface area (Å²) in [4.78, 5) is 39.6. The summed E-state index contributed by atoms with van der Waals surface area (Å²) < 4.78 is 0. The summed E-state index contributed by atoms with van der Waals surface area (Å²) in [6, 6.07) is 14.4. The van der Waals surface area contributed by atoms with Crippen LogP contribution < -0.4 is 16.2 Å². The Labute approximate surface area is 183 Å². The van der Waals surface area contributed by atoms with Crippen molar-refractivity contribution in [1.82, 2.24) is 15.2 Å². The summed E-state index contributed by atoms with van der Waals surface area (Å²) in [6.07, 6.45) is 0.314. The van der Waals surface area contributed by atoms with Crippen molar-refractivity contribution in [2.24, 2.45) is 0 Å². The van der Waals surface area contributed by atoms with Crippen molar-refractivity contribution < 1.29 is 9.59 Å². The monoisotopic (exact) mass is 437 g/mol. The minimum absolute atomic E-state index is 0.0911. The fourth-order valence-electron chi connectivity index (χ4n) is 2.76. The molecule has 0 aliphatic rings. The number of nitrogens with zero attached hydrogens (tertiary/aromatic N) is 2. The van der Waals surface area contributed by atoms with Crippen molar-refractivity contribution in [2.75, 3.05) is 10.6 Å². The number of thioether (sulfide) groups is 1. The van der Waals surface area contributed by atoms with Crippen LogP contribution in [0.25, 0.3) is 11.3 Å². The molecule has 1 atom stereocenters. The van der Waals surface area contributed by atoms with Gasteiger partial charge in [-0.1, -0.05) is 55.1 Å². The van der Waals surface area contributed by atoms with Gasteiger partial charge in [-0.15, -0.1) is 10.2 Å². The van der Waals surface area contributed by atoms with Crippen molar-refractivity contribution in [3.8, 4) is 11.3 Å². The molecule has 0 aliphatic heterocycles. The molecule has 0 fully saturated rings. The molecule has 3 aromatic rings. The highest BCUT2D eigenvalue weighted by molar-refractivity contribution is 8.00. The molecule has 0 aliphatic carbocycles. The third kappa shape index (κ3) is 5.58. The summed E-state index contributed by atoms with van der Waals surface area (Å²) in [7, 11) is 0. The number of carbonyl (C=O) groups excluding carboxylic acids is 2. The Morgan fingerprint density at radius 1 is 1.03 bits per heavy atom. The van der Waals surface area contributed by atoms with E-state index in [1.165, 1.54) is 0 Å². The SMILES string of the molecule is CCC(=O)Nc1ccccc1-c1nnc(SC(C)C(=O)Nc2ccccc2C)[nH]c1=O. The van der Waals surface area contributed by atoms with Crippen molar-refractivity contribution in [1.29, 1.82) is 0 Å². The van der Waals surface area contributed by atoms with E-state index in [4.69, 9.17) is 0 Å². The van der Waals surface area contributed by atoms with Crippen molar-refractivity contribution in [2.45, 2.75) is 37.6 Å². The Balaban J connectivity index is 1.76. The maximum atomic E-state index is 12.7. The standard InChI is InChI=1S/C22H23N5O3S/c1-4-18(28)23-17-12-8-6-10-15(17)19-21(30)25-22(27-26-19)31-14(3)20(29)24-16-11-7-5-9-13(16)2/h5-12,14H,4H2,1-3H3,(H,23,28)(H,24,29)(H,25,27,30). The van der Waals surface area contributed by atoms with Crippen molar-refractivity contribution >= 4 is 35.0 Å². The van der Waals surface area contributed by atoms with Crippen molar-refractivity contribution in [3.05, 3.63) is 64.4 Å². The minimum Gasteiger partial charge on any atom is -0.325 e. The van der Waals surface area contributed by atoms with Gasteiger partial charge in [-0.2, -0.15) is 0 Å². The molecule has 2 aromatic carbocycles. The molecule has 0 saturated heterocycles. The second-order valence-corrected chi connectivity index (χ2v) is 8.15. The third-order valence-electron chi connectivity index (χ3n) is 4.51. The first-order valence-electron chi connectivity index (χ1n) is 9.78. The third-order valence-corrected chi connectivity index (χ3v) is 5.49. The fourth-order valence-corrected chi connectivity index (χ4v) is 3.50. The summed E-state index contributed by atoms with van der Waals surface area (Å²) in [6.45, 7) is 5.38. The number of amides is 2. The number of benzene rings is 2. The zero-order valence-corrected chi connectivity index (χ0v) is 18.2. The Hall–Kier alpha value is -3.46. The van der Waals surface area contributed by atoms with Gasteiger partial charge in [-0.05, 0) is 31.5 Å². The Bertz CT molecular complexity index is 1160. The lowest BCUT2D eigenvalue weighted by Crippen LogP contribution is -2.24. The predicted molar refractivity (Wildman–Crippen MR) is 122 cm³/mol. The molecule has 3 N–H and O–H groups in total. The molecule has 1 heterocycles. The summed E-state index contributed by atoms with van der Waals surface area (Å²) in [5, 5.41) is 13.5. The van der Waals surface area contributed by atoms with E-state index in [2.05, 4.69) is 25.8 Å². The number of nitrogens with one attached hydrogen (secondary N) is 3. The lowest BCUT2D eigenvalue weighted by molar-refractivity contribution is -0.116. The van der Waals surface area contributed by atoms with Gasteiger partial charge in [0.05, 0.1) is 10.9 Å². The second-order valence-electron chi connectivity index (χ2n) is 6.82. The number of aromatic amines is 1. The molecule has 0 spiro atoms. The van der Waals surface area contributed by atoms with Crippen LogP contribution in [0.4, 0.5) is 11.4 Å². The van der Waals surface area contributed by atoms with Gasteiger partial charge in [0.1, 0.15) is 0 Å². The molecule has 0 saturated carbocycles. The summed E-state index contributed by atoms with van der Waals surface area (Å²) in [5.41, 5.74) is 2.29. The number of aromatic nitrogens is 3. The first kappa shape index (κ1) is 22.2. The van der Waals surface area contributed by atoms with Crippen molar-refractivity contribution in [3.63, 3.8) is 0 Å². The highest BCUT2D eigenvalue weighted by Crippen LogP contribution is 2.25. The maximum absolute atomic E-state index is 12.7. The van der Waals surface area contributed by atoms with Gasteiger partial charge < -0.3 is 10.6 Å². The van der Waals surface area contributed by atoms with Crippen LogP contribution in [0.2, 0.25) is 0 Å². The summed E-state index contributed by atoms with van der Waals surface area (Å²) in [5.74, 6) is -0.379. The molecule has 0 bridgehead atoms. The highest BCUT2D eigenvalue weighted by atomic mass is 32.2. The van der Waals surface area contributed by atoms with E-state index < -0.39 is 10.8 Å². The Morgan fingerprint density at radius 3 is 2.39 bits per heavy atom. The van der Waals surface area contributed by atoms with Crippen LogP contribution >= 0.6 is 11.8 Å². The zero-order chi connectivity index (χ0) is 22.4. The van der Waals surface area contributed by atoms with Gasteiger partial charge in [0, 0.05) is 17.7 Å². The molecule has 9 heteroatoms. The second kappa shape index (κ2) is 10.0. The van der Waals surface area contributed by atoms with Gasteiger partial charge in [0.15, 0.2) is 10.9 Å². The summed E-state index contributed by atoms with van der Waals surface area (Å²) >= 11 is 1.10. The predicted octanol–water partition coefficient (Wildman–Crippen LogP) is 3.61. The first-order valence-corrected chi connectivity index (χ1v) is 10.7. The minimum atomic E-state index is -0.508. The molecule has 3 rings (SSSR count). The molecular formula is C22H23N5O3S. The van der Waals surface area contributed by atoms with Gasteiger partial charge in [-0.3, -0.25) is 19.4 Å². The molecule has 31 heavy (non-hydrogen) atoms. The van der Waals surface area contributed by atoms with Crippen LogP contribution in [0.1, 0.15) is 25.8 Å². The van der Waals surface area contributed by atoms with Crippen LogP contribution in [0.5, 0.6) is 0 Å². The normalized spacial score (nSPS) is 11.6. The molecule has 1 unspecified atom stereocenters. The fraction of sp³-hybridized carbons (Fsp3) is 0.227. The van der Waals surface area contributed by atoms with Gasteiger partial charge >= 0.3 is 0 Å². The number of hydrogen-bond acceptors (Lipinski definition) is 6. The van der Waals surface area contributed by atoms with E-state index in [-0.39, 0.29) is 22.7 Å². The lowest BCUT2D eigenvalue weighted by atomic mass is 10.1. The van der Waals surface area contributed by atoms with E-state index in [1.54, 1.807) is 38.1 Å². The average Bonchev–Trinajstić information content (AvgIpc) is 2.76. The number of hydrogen-bond donors (Lipinski definition) is 3. The number of anilines is 2. The first-order chi connectivity index (χ1) is 14.9. The Kier molecular flexibility index (Phi) is 7.19. The van der Waals surface area contributed by atoms with E-state index in [9.17, 15) is 14.4 Å². The topological polar surface area (TPSA) is 117 Å². The number of para-hydroxylation sites is 2. The van der Waals surface area contributed by atoms with Gasteiger partial charge in [0.25, 0.3) is 5.56 Å². The number of rotatable bonds is 7. The number of carbonyl (C=O) groups is 2. The molecule has 8 nitrogen and oxygen atoms in total. The van der Waals surface area contributed by atoms with Crippen LogP contribution in [-0.4, -0.2) is 32.2 Å². The maximum Gasteiger partial charge on any atom is 0.278 e. The van der Waals surface area contributed by atoms with Crippen LogP contribution in [0.15, 0.2) is 58.5 Å². The number of aryl methyl sites for hydroxylation is 1. The molecule has 1 aromatic heterocycles. The van der Waals surface area contributed by atoms with E-state index in [0.29, 0.717) is 17.7 Å².